The van der Waals surface area contributed by atoms with Crippen LogP contribution in [0.25, 0.3) is 44.7 Å². The lowest BCUT2D eigenvalue weighted by atomic mass is 9.97. The number of aromatic nitrogens is 3. The molecule has 0 N–H and O–H groups in total. The molecule has 0 saturated carbocycles. The van der Waals surface area contributed by atoms with Crippen LogP contribution in [0.3, 0.4) is 0 Å². The molecule has 0 radical (unpaired) electrons. The van der Waals surface area contributed by atoms with E-state index in [9.17, 15) is 0 Å². The minimum atomic E-state index is 0.187. The minimum absolute atomic E-state index is 0.187. The van der Waals surface area contributed by atoms with Gasteiger partial charge in [0.25, 0.3) is 0 Å². The number of fused-ring (bicyclic) bond motifs is 1. The molecule has 0 aliphatic rings. The van der Waals surface area contributed by atoms with Crippen LogP contribution in [-0.2, 0) is 0 Å². The number of rotatable bonds is 3. The Bertz CT molecular complexity index is 1300. The molecule has 29 heavy (non-hydrogen) atoms. The number of hydrogen-bond acceptors (Lipinski definition) is 3. The summed E-state index contributed by atoms with van der Waals surface area (Å²) in [5, 5.41) is 2.50. The Morgan fingerprint density at radius 2 is 1.17 bits per heavy atom. The van der Waals surface area contributed by atoms with Crippen LogP contribution in [0, 0.1) is 0 Å². The summed E-state index contributed by atoms with van der Waals surface area (Å²) in [6.07, 6.45) is 0. The highest BCUT2D eigenvalue weighted by molar-refractivity contribution is 6.28. The van der Waals surface area contributed by atoms with Gasteiger partial charge in [-0.2, -0.15) is 9.97 Å². The van der Waals surface area contributed by atoms with Crippen molar-refractivity contribution in [2.75, 3.05) is 0 Å². The van der Waals surface area contributed by atoms with Crippen LogP contribution in [0.4, 0.5) is 0 Å². The quantitative estimate of drug-likeness (QED) is 0.343. The monoisotopic (exact) mass is 393 g/mol. The maximum absolute atomic E-state index is 6.21. The van der Waals surface area contributed by atoms with Gasteiger partial charge in [0.2, 0.25) is 5.28 Å². The molecule has 0 atom stereocenters. The molecule has 0 amide bonds. The van der Waals surface area contributed by atoms with Gasteiger partial charge in [0.15, 0.2) is 11.6 Å². The third-order valence-corrected chi connectivity index (χ3v) is 5.03. The number of halogens is 1. The van der Waals surface area contributed by atoms with Crippen LogP contribution < -0.4 is 0 Å². The number of benzene rings is 4. The van der Waals surface area contributed by atoms with Gasteiger partial charge in [0.05, 0.1) is 0 Å². The van der Waals surface area contributed by atoms with E-state index >= 15 is 0 Å². The zero-order chi connectivity index (χ0) is 19.6. The van der Waals surface area contributed by atoms with E-state index in [0.717, 1.165) is 16.5 Å². The standard InChI is InChI=1S/C25H16ClN3/c26-25-28-23(18-10-5-2-6-11-18)27-24(29-25)20-14-15-22-19(16-20)12-7-13-21(22)17-8-3-1-4-9-17/h1-16H. The van der Waals surface area contributed by atoms with Gasteiger partial charge in [0, 0.05) is 11.1 Å². The summed E-state index contributed by atoms with van der Waals surface area (Å²) in [7, 11) is 0. The Kier molecular flexibility index (Phi) is 4.51. The van der Waals surface area contributed by atoms with Crippen molar-refractivity contribution in [1.82, 2.24) is 15.0 Å². The Hall–Kier alpha value is -3.56. The van der Waals surface area contributed by atoms with Gasteiger partial charge in [-0.15, -0.1) is 0 Å². The predicted molar refractivity (Wildman–Crippen MR) is 119 cm³/mol. The zero-order valence-electron chi connectivity index (χ0n) is 15.5. The molecule has 1 aromatic heterocycles. The molecule has 4 heteroatoms. The predicted octanol–water partition coefficient (Wildman–Crippen LogP) is 6.68. The van der Waals surface area contributed by atoms with Crippen molar-refractivity contribution >= 4 is 22.4 Å². The third kappa shape index (κ3) is 3.48. The first-order chi connectivity index (χ1) is 14.3. The van der Waals surface area contributed by atoms with Crippen LogP contribution in [0.2, 0.25) is 5.28 Å². The summed E-state index contributed by atoms with van der Waals surface area (Å²) in [5.41, 5.74) is 4.21. The van der Waals surface area contributed by atoms with Crippen molar-refractivity contribution in [3.63, 3.8) is 0 Å². The highest BCUT2D eigenvalue weighted by Gasteiger charge is 2.11. The molecule has 5 aromatic rings. The molecule has 0 aliphatic carbocycles. The first-order valence-corrected chi connectivity index (χ1v) is 9.71. The Morgan fingerprint density at radius 1 is 0.517 bits per heavy atom. The highest BCUT2D eigenvalue weighted by atomic mass is 35.5. The maximum atomic E-state index is 6.21. The molecular weight excluding hydrogens is 378 g/mol. The van der Waals surface area contributed by atoms with Gasteiger partial charge in [0.1, 0.15) is 0 Å². The van der Waals surface area contributed by atoms with Gasteiger partial charge in [-0.25, -0.2) is 4.98 Å². The molecule has 0 unspecified atom stereocenters. The second-order valence-electron chi connectivity index (χ2n) is 6.73. The summed E-state index contributed by atoms with van der Waals surface area (Å²) in [6.45, 7) is 0. The highest BCUT2D eigenvalue weighted by Crippen LogP contribution is 2.31. The van der Waals surface area contributed by atoms with E-state index in [1.807, 2.05) is 42.5 Å². The molecule has 0 aliphatic heterocycles. The fraction of sp³-hybridized carbons (Fsp3) is 0. The van der Waals surface area contributed by atoms with Crippen LogP contribution in [0.15, 0.2) is 97.1 Å². The Morgan fingerprint density at radius 3 is 1.90 bits per heavy atom. The second kappa shape index (κ2) is 7.46. The van der Waals surface area contributed by atoms with Gasteiger partial charge in [-0.1, -0.05) is 91.0 Å². The molecule has 0 bridgehead atoms. The summed E-state index contributed by atoms with van der Waals surface area (Å²) in [4.78, 5) is 13.3. The Balaban J connectivity index is 1.63. The largest absolute Gasteiger partial charge is 0.226 e. The number of nitrogens with zero attached hydrogens (tertiary/aromatic N) is 3. The van der Waals surface area contributed by atoms with Crippen LogP contribution in [0.5, 0.6) is 0 Å². The lowest BCUT2D eigenvalue weighted by Crippen LogP contribution is -1.97. The smallest absolute Gasteiger partial charge is 0.208 e. The SMILES string of the molecule is Clc1nc(-c2ccccc2)nc(-c2ccc3c(-c4ccccc4)cccc3c2)n1. The van der Waals surface area contributed by atoms with E-state index in [-0.39, 0.29) is 5.28 Å². The fourth-order valence-corrected chi connectivity index (χ4v) is 3.65. The molecule has 0 fully saturated rings. The van der Waals surface area contributed by atoms with Crippen LogP contribution >= 0.6 is 11.6 Å². The summed E-state index contributed by atoms with van der Waals surface area (Å²) < 4.78 is 0. The maximum Gasteiger partial charge on any atom is 0.226 e. The molecule has 1 heterocycles. The Labute approximate surface area is 173 Å². The van der Waals surface area contributed by atoms with Crippen molar-refractivity contribution in [3.05, 3.63) is 102 Å². The fourth-order valence-electron chi connectivity index (χ4n) is 3.49. The van der Waals surface area contributed by atoms with E-state index < -0.39 is 0 Å². The molecule has 138 valence electrons. The third-order valence-electron chi connectivity index (χ3n) is 4.86. The van der Waals surface area contributed by atoms with E-state index in [1.165, 1.54) is 16.5 Å². The molecule has 0 saturated heterocycles. The van der Waals surface area contributed by atoms with Crippen molar-refractivity contribution in [2.45, 2.75) is 0 Å². The second-order valence-corrected chi connectivity index (χ2v) is 7.06. The van der Waals surface area contributed by atoms with E-state index in [0.29, 0.717) is 11.6 Å². The average molecular weight is 394 g/mol. The normalized spacial score (nSPS) is 10.9. The minimum Gasteiger partial charge on any atom is -0.208 e. The van der Waals surface area contributed by atoms with Crippen LogP contribution in [0.1, 0.15) is 0 Å². The molecule has 4 aromatic carbocycles. The van der Waals surface area contributed by atoms with Crippen molar-refractivity contribution < 1.29 is 0 Å². The van der Waals surface area contributed by atoms with Gasteiger partial charge >= 0.3 is 0 Å². The lowest BCUT2D eigenvalue weighted by Gasteiger charge is -2.09. The zero-order valence-corrected chi connectivity index (χ0v) is 16.2. The number of hydrogen-bond donors (Lipinski definition) is 0. The van der Waals surface area contributed by atoms with E-state index in [4.69, 9.17) is 11.6 Å². The van der Waals surface area contributed by atoms with Gasteiger partial charge < -0.3 is 0 Å². The van der Waals surface area contributed by atoms with Crippen molar-refractivity contribution in [2.24, 2.45) is 0 Å². The molecule has 3 nitrogen and oxygen atoms in total. The molecule has 5 rings (SSSR count). The van der Waals surface area contributed by atoms with Crippen LogP contribution in [-0.4, -0.2) is 15.0 Å². The van der Waals surface area contributed by atoms with Crippen molar-refractivity contribution in [1.29, 1.82) is 0 Å². The molecule has 0 spiro atoms. The topological polar surface area (TPSA) is 38.7 Å². The van der Waals surface area contributed by atoms with E-state index in [1.54, 1.807) is 0 Å². The summed E-state index contributed by atoms with van der Waals surface area (Å²) in [6, 6.07) is 32.8. The van der Waals surface area contributed by atoms with Gasteiger partial charge in [-0.3, -0.25) is 0 Å². The summed E-state index contributed by atoms with van der Waals surface area (Å²) in [5.74, 6) is 1.13. The first-order valence-electron chi connectivity index (χ1n) is 9.33. The first kappa shape index (κ1) is 17.5. The van der Waals surface area contributed by atoms with E-state index in [2.05, 4.69) is 69.5 Å². The molecular formula is C25H16ClN3. The average Bonchev–Trinajstić information content (AvgIpc) is 2.79. The summed E-state index contributed by atoms with van der Waals surface area (Å²) >= 11 is 6.21. The van der Waals surface area contributed by atoms with Crippen molar-refractivity contribution in [3.8, 4) is 33.9 Å². The lowest BCUT2D eigenvalue weighted by molar-refractivity contribution is 1.07. The van der Waals surface area contributed by atoms with Gasteiger partial charge in [-0.05, 0) is 39.6 Å².